The average molecular weight is 399 g/mol. The van der Waals surface area contributed by atoms with E-state index in [2.05, 4.69) is 10.2 Å². The summed E-state index contributed by atoms with van der Waals surface area (Å²) in [5.41, 5.74) is 0. The number of amides is 1. The summed E-state index contributed by atoms with van der Waals surface area (Å²) in [7, 11) is 0. The standard InChI is InChI=1S/C20H34N2O6/c23-18(21-10-11-22-12-14-24-15-13-22)16-17-4-8-20(9-5-17)27-25-19(26-28-20)6-2-1-3-7-19/h17H,1-16H2,(H,21,23). The van der Waals surface area contributed by atoms with E-state index in [1.54, 1.807) is 0 Å². The summed E-state index contributed by atoms with van der Waals surface area (Å²) in [6.07, 6.45) is 8.66. The van der Waals surface area contributed by atoms with E-state index in [1.165, 1.54) is 6.42 Å². The van der Waals surface area contributed by atoms with Crippen LogP contribution in [0.1, 0.15) is 64.2 Å². The molecule has 0 aromatic carbocycles. The monoisotopic (exact) mass is 398 g/mol. The molecule has 2 spiro atoms. The highest BCUT2D eigenvalue weighted by Gasteiger charge is 2.50. The Balaban J connectivity index is 1.13. The van der Waals surface area contributed by atoms with Crippen molar-refractivity contribution < 1.29 is 29.1 Å². The number of rotatable bonds is 5. The van der Waals surface area contributed by atoms with Crippen molar-refractivity contribution in [3.63, 3.8) is 0 Å². The van der Waals surface area contributed by atoms with Crippen molar-refractivity contribution >= 4 is 5.91 Å². The first-order chi connectivity index (χ1) is 13.7. The van der Waals surface area contributed by atoms with Crippen LogP contribution in [0.15, 0.2) is 0 Å². The predicted molar refractivity (Wildman–Crippen MR) is 99.7 cm³/mol. The number of nitrogens with zero attached hydrogens (tertiary/aromatic N) is 1. The molecule has 0 radical (unpaired) electrons. The Labute approximate surface area is 167 Å². The average Bonchev–Trinajstić information content (AvgIpc) is 2.74. The molecule has 8 heteroatoms. The first-order valence-electron chi connectivity index (χ1n) is 11.0. The fraction of sp³-hybridized carbons (Fsp3) is 0.950. The van der Waals surface area contributed by atoms with Crippen LogP contribution >= 0.6 is 0 Å². The van der Waals surface area contributed by atoms with Crippen LogP contribution in [0.5, 0.6) is 0 Å². The summed E-state index contributed by atoms with van der Waals surface area (Å²) in [5, 5.41) is 3.05. The zero-order valence-electron chi connectivity index (χ0n) is 16.8. The summed E-state index contributed by atoms with van der Waals surface area (Å²) in [6, 6.07) is 0. The summed E-state index contributed by atoms with van der Waals surface area (Å²) >= 11 is 0. The van der Waals surface area contributed by atoms with Crippen molar-refractivity contribution in [3.8, 4) is 0 Å². The molecule has 4 fully saturated rings. The molecule has 2 aliphatic heterocycles. The van der Waals surface area contributed by atoms with Gasteiger partial charge in [0.05, 0.1) is 13.2 Å². The quantitative estimate of drug-likeness (QED) is 0.712. The van der Waals surface area contributed by atoms with E-state index >= 15 is 0 Å². The van der Waals surface area contributed by atoms with Crippen LogP contribution in [0.4, 0.5) is 0 Å². The van der Waals surface area contributed by atoms with Crippen LogP contribution in [0.2, 0.25) is 0 Å². The molecule has 0 bridgehead atoms. The van der Waals surface area contributed by atoms with Gasteiger partial charge in [0.25, 0.3) is 0 Å². The summed E-state index contributed by atoms with van der Waals surface area (Å²) in [4.78, 5) is 37.4. The lowest BCUT2D eigenvalue weighted by atomic mass is 9.83. The molecule has 0 aromatic rings. The van der Waals surface area contributed by atoms with E-state index in [0.29, 0.717) is 31.7 Å². The number of carbonyl (C=O) groups excluding carboxylic acids is 1. The Morgan fingerprint density at radius 1 is 0.893 bits per heavy atom. The summed E-state index contributed by atoms with van der Waals surface area (Å²) in [6.45, 7) is 5.07. The van der Waals surface area contributed by atoms with Gasteiger partial charge in [-0.15, -0.1) is 0 Å². The lowest BCUT2D eigenvalue weighted by Crippen LogP contribution is -2.52. The largest absolute Gasteiger partial charge is 0.379 e. The molecular formula is C20H34N2O6. The van der Waals surface area contributed by atoms with Crippen molar-refractivity contribution in [2.75, 3.05) is 39.4 Å². The van der Waals surface area contributed by atoms with Gasteiger partial charge >= 0.3 is 0 Å². The molecule has 0 atom stereocenters. The normalized spacial score (nSPS) is 28.4. The minimum atomic E-state index is -0.800. The van der Waals surface area contributed by atoms with Gasteiger partial charge in [-0.1, -0.05) is 6.42 Å². The van der Waals surface area contributed by atoms with Crippen molar-refractivity contribution in [3.05, 3.63) is 0 Å². The molecule has 2 saturated heterocycles. The SMILES string of the molecule is O=C(CC1CCC2(CC1)OOC1(CCCCC1)OO2)NCCN1CCOCC1. The van der Waals surface area contributed by atoms with E-state index in [9.17, 15) is 4.79 Å². The Bertz CT molecular complexity index is 499. The topological polar surface area (TPSA) is 78.5 Å². The Morgan fingerprint density at radius 2 is 1.50 bits per heavy atom. The van der Waals surface area contributed by atoms with Crippen LogP contribution in [0.3, 0.4) is 0 Å². The number of hydrogen-bond acceptors (Lipinski definition) is 7. The van der Waals surface area contributed by atoms with Crippen LogP contribution in [0.25, 0.3) is 0 Å². The van der Waals surface area contributed by atoms with Gasteiger partial charge in [-0.3, -0.25) is 9.69 Å². The van der Waals surface area contributed by atoms with E-state index in [4.69, 9.17) is 24.3 Å². The smallest absolute Gasteiger partial charge is 0.234 e. The highest BCUT2D eigenvalue weighted by molar-refractivity contribution is 5.76. The zero-order chi connectivity index (χ0) is 19.3. The van der Waals surface area contributed by atoms with E-state index in [1.807, 2.05) is 0 Å². The first kappa shape index (κ1) is 20.5. The van der Waals surface area contributed by atoms with Crippen LogP contribution < -0.4 is 5.32 Å². The molecule has 2 saturated carbocycles. The molecule has 1 amide bonds. The highest BCUT2D eigenvalue weighted by Crippen LogP contribution is 2.45. The minimum absolute atomic E-state index is 0.133. The van der Waals surface area contributed by atoms with Crippen LogP contribution in [0, 0.1) is 5.92 Å². The fourth-order valence-electron chi connectivity index (χ4n) is 4.59. The molecule has 28 heavy (non-hydrogen) atoms. The zero-order valence-corrected chi connectivity index (χ0v) is 16.8. The fourth-order valence-corrected chi connectivity index (χ4v) is 4.59. The van der Waals surface area contributed by atoms with Gasteiger partial charge in [-0.2, -0.15) is 19.6 Å². The van der Waals surface area contributed by atoms with Gasteiger partial charge in [0.15, 0.2) is 0 Å². The lowest BCUT2D eigenvalue weighted by Gasteiger charge is -2.46. The van der Waals surface area contributed by atoms with Crippen LogP contribution in [-0.2, 0) is 29.1 Å². The molecule has 4 aliphatic rings. The second-order valence-corrected chi connectivity index (χ2v) is 8.67. The predicted octanol–water partition coefficient (Wildman–Crippen LogP) is 2.28. The maximum atomic E-state index is 12.3. The van der Waals surface area contributed by atoms with Crippen molar-refractivity contribution in [2.24, 2.45) is 5.92 Å². The maximum absolute atomic E-state index is 12.3. The number of ether oxygens (including phenoxy) is 1. The molecule has 2 aliphatic carbocycles. The molecular weight excluding hydrogens is 364 g/mol. The summed E-state index contributed by atoms with van der Waals surface area (Å²) in [5.74, 6) is -1.02. The van der Waals surface area contributed by atoms with Gasteiger partial charge in [-0.05, 0) is 31.6 Å². The molecule has 2 heterocycles. The molecule has 0 aromatic heterocycles. The molecule has 8 nitrogen and oxygen atoms in total. The highest BCUT2D eigenvalue weighted by atomic mass is 17.4. The molecule has 4 rings (SSSR count). The maximum Gasteiger partial charge on any atom is 0.234 e. The number of morpholine rings is 1. The minimum Gasteiger partial charge on any atom is -0.379 e. The molecule has 0 unspecified atom stereocenters. The Hall–Kier alpha value is -0.770. The van der Waals surface area contributed by atoms with E-state index < -0.39 is 11.6 Å². The van der Waals surface area contributed by atoms with Crippen molar-refractivity contribution in [1.29, 1.82) is 0 Å². The Morgan fingerprint density at radius 3 is 2.14 bits per heavy atom. The third-order valence-electron chi connectivity index (χ3n) is 6.50. The van der Waals surface area contributed by atoms with Gasteiger partial charge in [0.1, 0.15) is 0 Å². The number of hydrogen-bond donors (Lipinski definition) is 1. The molecule has 160 valence electrons. The van der Waals surface area contributed by atoms with Gasteiger partial charge in [0, 0.05) is 58.3 Å². The van der Waals surface area contributed by atoms with Gasteiger partial charge < -0.3 is 10.1 Å². The van der Waals surface area contributed by atoms with Gasteiger partial charge in [-0.25, -0.2) is 0 Å². The van der Waals surface area contributed by atoms with Crippen molar-refractivity contribution in [1.82, 2.24) is 10.2 Å². The number of nitrogens with one attached hydrogen (secondary N) is 1. The van der Waals surface area contributed by atoms with Gasteiger partial charge in [0.2, 0.25) is 17.5 Å². The van der Waals surface area contributed by atoms with E-state index in [-0.39, 0.29) is 5.91 Å². The van der Waals surface area contributed by atoms with Crippen LogP contribution in [-0.4, -0.2) is 61.8 Å². The third kappa shape index (κ3) is 5.23. The van der Waals surface area contributed by atoms with Crippen molar-refractivity contribution in [2.45, 2.75) is 75.8 Å². The van der Waals surface area contributed by atoms with E-state index in [0.717, 1.165) is 71.4 Å². The molecule has 1 N–H and O–H groups in total. The summed E-state index contributed by atoms with van der Waals surface area (Å²) < 4.78 is 5.34. The lowest BCUT2D eigenvalue weighted by molar-refractivity contribution is -0.663. The first-order valence-corrected chi connectivity index (χ1v) is 11.0. The second-order valence-electron chi connectivity index (χ2n) is 8.67. The Kier molecular flexibility index (Phi) is 6.85. The number of carbonyl (C=O) groups is 1. The second kappa shape index (κ2) is 9.36. The third-order valence-corrected chi connectivity index (χ3v) is 6.50.